The predicted molar refractivity (Wildman–Crippen MR) is 97.1 cm³/mol. The molecule has 0 heterocycles. The zero-order valence-electron chi connectivity index (χ0n) is 14.7. The van der Waals surface area contributed by atoms with Gasteiger partial charge in [-0.05, 0) is 67.2 Å². The van der Waals surface area contributed by atoms with Gasteiger partial charge < -0.3 is 5.73 Å². The van der Waals surface area contributed by atoms with E-state index in [1.165, 1.54) is 30.4 Å². The molecule has 2 rings (SSSR count). The monoisotopic (exact) mass is 297 g/mol. The SMILES string of the molecule is CC1=C(/C=C/C(C)c2ccc(CCN)cc2)C(C)(C)CCC1. The standard InChI is InChI=1S/C21H31N/c1-16(19-10-8-18(9-11-19)13-15-22)7-12-20-17(2)6-5-14-21(20,3)4/h7-12,16H,5-6,13-15,22H2,1-4H3/b12-7+. The number of allylic oxidation sites excluding steroid dienone is 4. The van der Waals surface area contributed by atoms with Crippen molar-refractivity contribution in [3.05, 3.63) is 58.7 Å². The van der Waals surface area contributed by atoms with Crippen LogP contribution in [0.5, 0.6) is 0 Å². The van der Waals surface area contributed by atoms with Gasteiger partial charge in [0.15, 0.2) is 0 Å². The Hall–Kier alpha value is -1.34. The molecule has 22 heavy (non-hydrogen) atoms. The second-order valence-electron chi connectivity index (χ2n) is 7.36. The molecule has 1 aromatic carbocycles. The van der Waals surface area contributed by atoms with Crippen LogP contribution in [0, 0.1) is 5.41 Å². The summed E-state index contributed by atoms with van der Waals surface area (Å²) in [6.07, 6.45) is 9.59. The van der Waals surface area contributed by atoms with Gasteiger partial charge in [-0.2, -0.15) is 0 Å². The molecule has 0 aliphatic heterocycles. The van der Waals surface area contributed by atoms with Crippen LogP contribution in [0.4, 0.5) is 0 Å². The molecule has 1 nitrogen and oxygen atoms in total. The molecule has 0 radical (unpaired) electrons. The minimum absolute atomic E-state index is 0.323. The smallest absolute Gasteiger partial charge is 0.000722 e. The molecular weight excluding hydrogens is 266 g/mol. The molecule has 120 valence electrons. The first-order valence-corrected chi connectivity index (χ1v) is 8.61. The van der Waals surface area contributed by atoms with E-state index in [1.54, 1.807) is 11.1 Å². The van der Waals surface area contributed by atoms with E-state index in [1.807, 2.05) is 0 Å². The van der Waals surface area contributed by atoms with Gasteiger partial charge >= 0.3 is 0 Å². The fourth-order valence-electron chi connectivity index (χ4n) is 3.52. The van der Waals surface area contributed by atoms with E-state index >= 15 is 0 Å². The lowest BCUT2D eigenvalue weighted by Crippen LogP contribution is -2.19. The first kappa shape index (κ1) is 17.0. The van der Waals surface area contributed by atoms with Crippen molar-refractivity contribution in [2.75, 3.05) is 6.54 Å². The van der Waals surface area contributed by atoms with E-state index in [9.17, 15) is 0 Å². The van der Waals surface area contributed by atoms with Crippen LogP contribution in [0.15, 0.2) is 47.6 Å². The molecule has 0 spiro atoms. The number of hydrogen-bond donors (Lipinski definition) is 1. The highest BCUT2D eigenvalue weighted by atomic mass is 14.5. The molecule has 0 amide bonds. The summed E-state index contributed by atoms with van der Waals surface area (Å²) < 4.78 is 0. The second-order valence-corrected chi connectivity index (χ2v) is 7.36. The molecule has 2 N–H and O–H groups in total. The lowest BCUT2D eigenvalue weighted by Gasteiger charge is -2.33. The van der Waals surface area contributed by atoms with Crippen molar-refractivity contribution in [2.45, 2.75) is 59.3 Å². The summed E-state index contributed by atoms with van der Waals surface area (Å²) in [5.74, 6) is 0.449. The van der Waals surface area contributed by atoms with Crippen molar-refractivity contribution in [1.29, 1.82) is 0 Å². The van der Waals surface area contributed by atoms with Crippen molar-refractivity contribution < 1.29 is 0 Å². The van der Waals surface area contributed by atoms with Crippen LogP contribution in [0.25, 0.3) is 0 Å². The molecule has 1 heteroatoms. The molecule has 1 aliphatic rings. The normalized spacial score (nSPS) is 19.7. The number of nitrogens with two attached hydrogens (primary N) is 1. The largest absolute Gasteiger partial charge is 0.330 e. The summed E-state index contributed by atoms with van der Waals surface area (Å²) in [4.78, 5) is 0. The Labute approximate surface area is 136 Å². The maximum atomic E-state index is 5.61. The lowest BCUT2D eigenvalue weighted by molar-refractivity contribution is 0.376. The molecule has 1 aromatic rings. The number of rotatable bonds is 5. The summed E-state index contributed by atoms with van der Waals surface area (Å²) >= 11 is 0. The maximum absolute atomic E-state index is 5.61. The van der Waals surface area contributed by atoms with Crippen molar-refractivity contribution in [3.63, 3.8) is 0 Å². The summed E-state index contributed by atoms with van der Waals surface area (Å²) in [5, 5.41) is 0. The van der Waals surface area contributed by atoms with E-state index in [2.05, 4.69) is 64.1 Å². The van der Waals surface area contributed by atoms with Crippen molar-refractivity contribution in [2.24, 2.45) is 11.1 Å². The third-order valence-electron chi connectivity index (χ3n) is 5.03. The molecule has 1 aliphatic carbocycles. The minimum Gasteiger partial charge on any atom is -0.330 e. The highest BCUT2D eigenvalue weighted by Gasteiger charge is 2.26. The molecule has 0 bridgehead atoms. The van der Waals surface area contributed by atoms with Crippen molar-refractivity contribution >= 4 is 0 Å². The molecule has 0 saturated heterocycles. The van der Waals surface area contributed by atoms with Crippen LogP contribution in [-0.2, 0) is 6.42 Å². The first-order valence-electron chi connectivity index (χ1n) is 8.61. The van der Waals surface area contributed by atoms with Gasteiger partial charge in [-0.3, -0.25) is 0 Å². The molecule has 0 saturated carbocycles. The Morgan fingerprint density at radius 3 is 2.50 bits per heavy atom. The summed E-state index contributed by atoms with van der Waals surface area (Å²) in [6, 6.07) is 8.91. The minimum atomic E-state index is 0.323. The van der Waals surface area contributed by atoms with Crippen molar-refractivity contribution in [1.82, 2.24) is 0 Å². The third-order valence-corrected chi connectivity index (χ3v) is 5.03. The van der Waals surface area contributed by atoms with E-state index in [0.717, 1.165) is 13.0 Å². The Morgan fingerprint density at radius 2 is 1.91 bits per heavy atom. The molecule has 1 unspecified atom stereocenters. The van der Waals surface area contributed by atoms with Crippen LogP contribution in [-0.4, -0.2) is 6.54 Å². The van der Waals surface area contributed by atoms with Crippen LogP contribution < -0.4 is 5.73 Å². The maximum Gasteiger partial charge on any atom is -0.000722 e. The predicted octanol–water partition coefficient (Wildman–Crippen LogP) is 5.37. The van der Waals surface area contributed by atoms with E-state index in [-0.39, 0.29) is 0 Å². The van der Waals surface area contributed by atoms with Gasteiger partial charge in [0.2, 0.25) is 0 Å². The number of hydrogen-bond acceptors (Lipinski definition) is 1. The van der Waals surface area contributed by atoms with Gasteiger partial charge in [-0.1, -0.05) is 62.8 Å². The Morgan fingerprint density at radius 1 is 1.23 bits per heavy atom. The zero-order valence-corrected chi connectivity index (χ0v) is 14.7. The van der Waals surface area contributed by atoms with Crippen LogP contribution >= 0.6 is 0 Å². The fraction of sp³-hybridized carbons (Fsp3) is 0.524. The average molecular weight is 297 g/mol. The van der Waals surface area contributed by atoms with Gasteiger partial charge in [0.1, 0.15) is 0 Å². The summed E-state index contributed by atoms with van der Waals surface area (Å²) in [7, 11) is 0. The lowest BCUT2D eigenvalue weighted by atomic mass is 9.72. The highest BCUT2D eigenvalue weighted by Crippen LogP contribution is 2.41. The molecule has 1 atom stereocenters. The van der Waals surface area contributed by atoms with E-state index in [4.69, 9.17) is 5.73 Å². The van der Waals surface area contributed by atoms with Gasteiger partial charge in [-0.15, -0.1) is 0 Å². The Bertz CT molecular complexity index is 546. The number of benzene rings is 1. The van der Waals surface area contributed by atoms with Gasteiger partial charge in [-0.25, -0.2) is 0 Å². The van der Waals surface area contributed by atoms with Crippen LogP contribution in [0.2, 0.25) is 0 Å². The molecule has 0 aromatic heterocycles. The Kier molecular flexibility index (Phi) is 5.63. The van der Waals surface area contributed by atoms with E-state index in [0.29, 0.717) is 11.3 Å². The van der Waals surface area contributed by atoms with Gasteiger partial charge in [0.05, 0.1) is 0 Å². The zero-order chi connectivity index (χ0) is 16.2. The summed E-state index contributed by atoms with van der Waals surface area (Å²) in [5.41, 5.74) is 11.8. The molecule has 0 fully saturated rings. The quantitative estimate of drug-likeness (QED) is 0.776. The van der Waals surface area contributed by atoms with Crippen LogP contribution in [0.1, 0.15) is 64.0 Å². The van der Waals surface area contributed by atoms with Crippen LogP contribution in [0.3, 0.4) is 0 Å². The van der Waals surface area contributed by atoms with Gasteiger partial charge in [0.25, 0.3) is 0 Å². The highest BCUT2D eigenvalue weighted by molar-refractivity contribution is 5.35. The topological polar surface area (TPSA) is 26.0 Å². The van der Waals surface area contributed by atoms with E-state index < -0.39 is 0 Å². The molecular formula is C21H31N. The second kappa shape index (κ2) is 7.28. The first-order chi connectivity index (χ1) is 10.4. The Balaban J connectivity index is 2.12. The third kappa shape index (κ3) is 4.10. The average Bonchev–Trinajstić information content (AvgIpc) is 2.47. The fourth-order valence-corrected chi connectivity index (χ4v) is 3.52. The van der Waals surface area contributed by atoms with Gasteiger partial charge in [0, 0.05) is 0 Å². The summed E-state index contributed by atoms with van der Waals surface area (Å²) in [6.45, 7) is 10.0. The van der Waals surface area contributed by atoms with Crippen molar-refractivity contribution in [3.8, 4) is 0 Å².